The summed E-state index contributed by atoms with van der Waals surface area (Å²) in [5, 5.41) is 0.477. The van der Waals surface area contributed by atoms with Crippen LogP contribution in [0.1, 0.15) is 24.4 Å². The number of halogens is 1. The number of pyridine rings is 1. The van der Waals surface area contributed by atoms with Crippen molar-refractivity contribution in [3.05, 3.63) is 34.9 Å². The summed E-state index contributed by atoms with van der Waals surface area (Å²) in [6, 6.07) is 5.87. The first-order valence-electron chi connectivity index (χ1n) is 4.50. The lowest BCUT2D eigenvalue weighted by atomic mass is 10.2. The molecule has 0 saturated carbocycles. The van der Waals surface area contributed by atoms with Crippen molar-refractivity contribution in [3.8, 4) is 0 Å². The Bertz CT molecular complexity index is 473. The summed E-state index contributed by atoms with van der Waals surface area (Å²) < 4.78 is 1.89. The van der Waals surface area contributed by atoms with E-state index >= 15 is 0 Å². The lowest BCUT2D eigenvalue weighted by Crippen LogP contribution is -2.10. The van der Waals surface area contributed by atoms with E-state index in [2.05, 4.69) is 4.98 Å². The van der Waals surface area contributed by atoms with Gasteiger partial charge < -0.3 is 5.73 Å². The Labute approximate surface area is 87.5 Å². The van der Waals surface area contributed by atoms with Crippen molar-refractivity contribution in [3.63, 3.8) is 0 Å². The molecule has 2 aromatic rings. The summed E-state index contributed by atoms with van der Waals surface area (Å²) in [6.07, 6.45) is 0. The molecule has 2 rings (SSSR count). The fourth-order valence-electron chi connectivity index (χ4n) is 1.62. The van der Waals surface area contributed by atoms with E-state index in [9.17, 15) is 0 Å². The first-order valence-corrected chi connectivity index (χ1v) is 4.88. The Morgan fingerprint density at radius 2 is 2.21 bits per heavy atom. The van der Waals surface area contributed by atoms with E-state index in [-0.39, 0.29) is 6.04 Å². The van der Waals surface area contributed by atoms with Gasteiger partial charge in [-0.3, -0.25) is 4.40 Å². The summed E-state index contributed by atoms with van der Waals surface area (Å²) >= 11 is 6.02. The molecule has 0 bridgehead atoms. The molecule has 0 aliphatic carbocycles. The Hall–Kier alpha value is -1.06. The molecule has 14 heavy (non-hydrogen) atoms. The normalized spacial score (nSPS) is 13.4. The third-order valence-electron chi connectivity index (χ3n) is 2.30. The molecular weight excluding hydrogens is 198 g/mol. The molecule has 0 fully saturated rings. The summed E-state index contributed by atoms with van der Waals surface area (Å²) in [5.41, 5.74) is 8.78. The van der Waals surface area contributed by atoms with Crippen LogP contribution in [-0.2, 0) is 0 Å². The minimum atomic E-state index is -0.0511. The maximum Gasteiger partial charge on any atom is 0.207 e. The number of nitrogens with zero attached hydrogens (tertiary/aromatic N) is 2. The van der Waals surface area contributed by atoms with E-state index in [1.165, 1.54) is 0 Å². The van der Waals surface area contributed by atoms with Gasteiger partial charge >= 0.3 is 0 Å². The molecule has 0 saturated heterocycles. The van der Waals surface area contributed by atoms with Crippen molar-refractivity contribution in [1.29, 1.82) is 0 Å². The van der Waals surface area contributed by atoms with Gasteiger partial charge in [0.25, 0.3) is 0 Å². The third kappa shape index (κ3) is 1.29. The Morgan fingerprint density at radius 1 is 1.50 bits per heavy atom. The molecular formula is C10H12ClN3. The van der Waals surface area contributed by atoms with E-state index in [0.29, 0.717) is 5.28 Å². The summed E-state index contributed by atoms with van der Waals surface area (Å²) in [7, 11) is 0. The lowest BCUT2D eigenvalue weighted by Gasteiger charge is -2.09. The van der Waals surface area contributed by atoms with E-state index in [1.807, 2.05) is 36.4 Å². The maximum absolute atomic E-state index is 6.02. The summed E-state index contributed by atoms with van der Waals surface area (Å²) in [6.45, 7) is 3.87. The molecule has 74 valence electrons. The highest BCUT2D eigenvalue weighted by molar-refractivity contribution is 6.28. The Kier molecular flexibility index (Phi) is 2.21. The molecule has 4 heteroatoms. The van der Waals surface area contributed by atoms with Crippen molar-refractivity contribution in [2.24, 2.45) is 5.73 Å². The van der Waals surface area contributed by atoms with Gasteiger partial charge in [-0.15, -0.1) is 0 Å². The van der Waals surface area contributed by atoms with Gasteiger partial charge in [0, 0.05) is 11.7 Å². The number of aryl methyl sites for hydroxylation is 1. The van der Waals surface area contributed by atoms with Crippen LogP contribution in [0.25, 0.3) is 5.52 Å². The van der Waals surface area contributed by atoms with Crippen molar-refractivity contribution >= 4 is 17.1 Å². The molecule has 1 unspecified atom stereocenters. The topological polar surface area (TPSA) is 43.3 Å². The fourth-order valence-corrected chi connectivity index (χ4v) is 1.93. The zero-order valence-electron chi connectivity index (χ0n) is 8.16. The molecule has 0 amide bonds. The standard InChI is InChI=1S/C10H12ClN3/c1-6(12)8-4-3-5-9-7(2)13-10(11)14(8)9/h3-6H,12H2,1-2H3. The van der Waals surface area contributed by atoms with Gasteiger partial charge in [0.2, 0.25) is 5.28 Å². The second kappa shape index (κ2) is 3.26. The SMILES string of the molecule is Cc1nc(Cl)n2c(C(C)N)cccc12. The quantitative estimate of drug-likeness (QED) is 0.784. The largest absolute Gasteiger partial charge is 0.323 e. The molecule has 3 nitrogen and oxygen atoms in total. The summed E-state index contributed by atoms with van der Waals surface area (Å²) in [5.74, 6) is 0. The van der Waals surface area contributed by atoms with Gasteiger partial charge in [-0.05, 0) is 37.6 Å². The predicted octanol–water partition coefficient (Wildman–Crippen LogP) is 2.32. The van der Waals surface area contributed by atoms with Crippen LogP contribution in [-0.4, -0.2) is 9.38 Å². The van der Waals surface area contributed by atoms with Gasteiger partial charge in [0.15, 0.2) is 0 Å². The number of rotatable bonds is 1. The number of fused-ring (bicyclic) bond motifs is 1. The minimum absolute atomic E-state index is 0.0511. The van der Waals surface area contributed by atoms with Crippen molar-refractivity contribution in [1.82, 2.24) is 9.38 Å². The number of nitrogens with two attached hydrogens (primary N) is 1. The second-order valence-corrected chi connectivity index (χ2v) is 3.76. The van der Waals surface area contributed by atoms with Crippen LogP contribution in [0.2, 0.25) is 5.28 Å². The van der Waals surface area contributed by atoms with Crippen LogP contribution in [0, 0.1) is 6.92 Å². The van der Waals surface area contributed by atoms with Crippen LogP contribution < -0.4 is 5.73 Å². The highest BCUT2D eigenvalue weighted by atomic mass is 35.5. The van der Waals surface area contributed by atoms with Crippen LogP contribution in [0.4, 0.5) is 0 Å². The fraction of sp³-hybridized carbons (Fsp3) is 0.300. The van der Waals surface area contributed by atoms with Crippen LogP contribution in [0.15, 0.2) is 18.2 Å². The Morgan fingerprint density at radius 3 is 2.86 bits per heavy atom. The first kappa shape index (κ1) is 9.49. The monoisotopic (exact) mass is 209 g/mol. The molecule has 2 aromatic heterocycles. The second-order valence-electron chi connectivity index (χ2n) is 3.43. The van der Waals surface area contributed by atoms with Gasteiger partial charge in [-0.25, -0.2) is 4.98 Å². The van der Waals surface area contributed by atoms with E-state index in [4.69, 9.17) is 17.3 Å². The predicted molar refractivity (Wildman–Crippen MR) is 57.5 cm³/mol. The molecule has 0 spiro atoms. The van der Waals surface area contributed by atoms with Gasteiger partial charge in [-0.1, -0.05) is 6.07 Å². The highest BCUT2D eigenvalue weighted by Gasteiger charge is 2.11. The lowest BCUT2D eigenvalue weighted by molar-refractivity contribution is 0.762. The minimum Gasteiger partial charge on any atom is -0.323 e. The molecule has 0 aliphatic heterocycles. The van der Waals surface area contributed by atoms with Crippen molar-refractivity contribution < 1.29 is 0 Å². The zero-order valence-corrected chi connectivity index (χ0v) is 8.92. The molecule has 2 heterocycles. The number of aromatic nitrogens is 2. The highest BCUT2D eigenvalue weighted by Crippen LogP contribution is 2.21. The third-order valence-corrected chi connectivity index (χ3v) is 2.56. The molecule has 2 N–H and O–H groups in total. The van der Waals surface area contributed by atoms with E-state index in [1.54, 1.807) is 0 Å². The van der Waals surface area contributed by atoms with Crippen LogP contribution >= 0.6 is 11.6 Å². The van der Waals surface area contributed by atoms with E-state index < -0.39 is 0 Å². The molecule has 1 atom stereocenters. The smallest absolute Gasteiger partial charge is 0.207 e. The molecule has 0 aromatic carbocycles. The maximum atomic E-state index is 6.02. The number of imidazole rings is 1. The van der Waals surface area contributed by atoms with Crippen LogP contribution in [0.3, 0.4) is 0 Å². The van der Waals surface area contributed by atoms with E-state index in [0.717, 1.165) is 16.9 Å². The van der Waals surface area contributed by atoms with Crippen molar-refractivity contribution in [2.45, 2.75) is 19.9 Å². The first-order chi connectivity index (χ1) is 6.61. The zero-order chi connectivity index (χ0) is 10.3. The number of hydrogen-bond acceptors (Lipinski definition) is 2. The van der Waals surface area contributed by atoms with Gasteiger partial charge in [0.05, 0.1) is 11.2 Å². The summed E-state index contributed by atoms with van der Waals surface area (Å²) in [4.78, 5) is 4.21. The van der Waals surface area contributed by atoms with Crippen molar-refractivity contribution in [2.75, 3.05) is 0 Å². The average molecular weight is 210 g/mol. The van der Waals surface area contributed by atoms with Gasteiger partial charge in [0.1, 0.15) is 0 Å². The number of hydrogen-bond donors (Lipinski definition) is 1. The van der Waals surface area contributed by atoms with Gasteiger partial charge in [-0.2, -0.15) is 0 Å². The molecule has 0 radical (unpaired) electrons. The average Bonchev–Trinajstić information content (AvgIpc) is 2.43. The Balaban J connectivity index is 2.85. The van der Waals surface area contributed by atoms with Crippen LogP contribution in [0.5, 0.6) is 0 Å². The molecule has 0 aliphatic rings.